The molecule has 0 heterocycles. The number of hydrogen-bond donors (Lipinski definition) is 3. The fourth-order valence-electron chi connectivity index (χ4n) is 9.08. The molecule has 4 N–H and O–H groups in total. The van der Waals surface area contributed by atoms with Gasteiger partial charge in [-0.2, -0.15) is 0 Å². The van der Waals surface area contributed by atoms with Crippen LogP contribution >= 0.6 is 7.82 Å². The summed E-state index contributed by atoms with van der Waals surface area (Å²) in [6.07, 6.45) is 60.7. The Balaban J connectivity index is 3.81. The number of esters is 1. The summed E-state index contributed by atoms with van der Waals surface area (Å²) in [5.74, 6) is -1.76. The molecule has 11 heteroatoms. The van der Waals surface area contributed by atoms with Gasteiger partial charge in [-0.05, 0) is 12.8 Å². The van der Waals surface area contributed by atoms with Crippen molar-refractivity contribution in [3.8, 4) is 0 Å². The van der Waals surface area contributed by atoms with Gasteiger partial charge in [0.1, 0.15) is 12.1 Å². The summed E-state index contributed by atoms with van der Waals surface area (Å²) in [5, 5.41) is 8.93. The second-order valence-electron chi connectivity index (χ2n) is 20.5. The molecule has 0 bridgehead atoms. The number of carbonyl (C=O) groups excluding carboxylic acids is 1. The van der Waals surface area contributed by atoms with Crippen molar-refractivity contribution in [2.24, 2.45) is 5.73 Å². The van der Waals surface area contributed by atoms with Gasteiger partial charge in [-0.25, -0.2) is 4.57 Å². The lowest BCUT2D eigenvalue weighted by atomic mass is 10.0. The average molecular weight is 989 g/mol. The van der Waals surface area contributed by atoms with Crippen molar-refractivity contribution >= 4 is 19.8 Å². The van der Waals surface area contributed by atoms with E-state index < -0.39 is 45.1 Å². The Labute approximate surface area is 420 Å². The highest BCUT2D eigenvalue weighted by atomic mass is 31.2. The van der Waals surface area contributed by atoms with Gasteiger partial charge >= 0.3 is 19.8 Å². The molecule has 0 spiro atoms. The maximum atomic E-state index is 12.7. The van der Waals surface area contributed by atoms with E-state index in [2.05, 4.69) is 13.8 Å². The number of ether oxygens (including phenoxy) is 2. The lowest BCUT2D eigenvalue weighted by molar-refractivity contribution is -0.154. The molecule has 10 nitrogen and oxygen atoms in total. The minimum atomic E-state index is -4.61. The number of carbonyl (C=O) groups is 2. The zero-order valence-electron chi connectivity index (χ0n) is 45.0. The fraction of sp³-hybridized carbons (Fsp3) is 0.965. The lowest BCUT2D eigenvalue weighted by Gasteiger charge is -2.20. The van der Waals surface area contributed by atoms with Crippen LogP contribution < -0.4 is 5.73 Å². The van der Waals surface area contributed by atoms with Crippen molar-refractivity contribution in [3.05, 3.63) is 0 Å². The second kappa shape index (κ2) is 53.8. The number of phosphoric ester groups is 1. The van der Waals surface area contributed by atoms with Crippen LogP contribution in [0.2, 0.25) is 0 Å². The number of unbranched alkanes of at least 4 members (excludes halogenated alkanes) is 44. The van der Waals surface area contributed by atoms with Crippen LogP contribution in [0.15, 0.2) is 0 Å². The van der Waals surface area contributed by atoms with Crippen LogP contribution in [-0.4, -0.2) is 60.5 Å². The van der Waals surface area contributed by atoms with Crippen molar-refractivity contribution in [3.63, 3.8) is 0 Å². The first-order valence-electron chi connectivity index (χ1n) is 29.6. The Kier molecular flexibility index (Phi) is 52.9. The molecule has 68 heavy (non-hydrogen) atoms. The first kappa shape index (κ1) is 67.0. The molecule has 0 fully saturated rings. The highest BCUT2D eigenvalue weighted by Crippen LogP contribution is 2.43. The van der Waals surface area contributed by atoms with E-state index in [0.717, 1.165) is 38.5 Å². The number of nitrogens with two attached hydrogens (primary N) is 1. The molecule has 0 aliphatic rings. The molecule has 406 valence electrons. The van der Waals surface area contributed by atoms with Crippen molar-refractivity contribution in [1.29, 1.82) is 0 Å². The third-order valence-corrected chi connectivity index (χ3v) is 14.6. The molecule has 1 unspecified atom stereocenters. The molecule has 0 rings (SSSR count). The lowest BCUT2D eigenvalue weighted by Crippen LogP contribution is -2.34. The normalized spacial score (nSPS) is 13.5. The predicted octanol–water partition coefficient (Wildman–Crippen LogP) is 17.8. The minimum Gasteiger partial charge on any atom is -0.480 e. The van der Waals surface area contributed by atoms with Crippen molar-refractivity contribution < 1.29 is 42.7 Å². The van der Waals surface area contributed by atoms with Crippen LogP contribution in [0.4, 0.5) is 0 Å². The van der Waals surface area contributed by atoms with Crippen molar-refractivity contribution in [2.75, 3.05) is 26.4 Å². The minimum absolute atomic E-state index is 0.0259. The van der Waals surface area contributed by atoms with Crippen LogP contribution in [-0.2, 0) is 32.7 Å². The van der Waals surface area contributed by atoms with Crippen LogP contribution in [0.5, 0.6) is 0 Å². The molecule has 0 aromatic rings. The zero-order valence-corrected chi connectivity index (χ0v) is 45.9. The number of hydrogen-bond acceptors (Lipinski definition) is 8. The zero-order chi connectivity index (χ0) is 49.7. The summed E-state index contributed by atoms with van der Waals surface area (Å²) >= 11 is 0. The fourth-order valence-corrected chi connectivity index (χ4v) is 9.86. The summed E-state index contributed by atoms with van der Waals surface area (Å²) in [6, 6.07) is -1.47. The van der Waals surface area contributed by atoms with E-state index >= 15 is 0 Å². The van der Waals surface area contributed by atoms with Crippen LogP contribution in [0, 0.1) is 0 Å². The summed E-state index contributed by atoms with van der Waals surface area (Å²) in [4.78, 5) is 33.7. The quantitative estimate of drug-likeness (QED) is 0.0305. The van der Waals surface area contributed by atoms with E-state index in [1.54, 1.807) is 0 Å². The largest absolute Gasteiger partial charge is 0.480 e. The molecule has 3 atom stereocenters. The van der Waals surface area contributed by atoms with Crippen molar-refractivity contribution in [2.45, 2.75) is 328 Å². The number of aliphatic carboxylic acids is 1. The molecule has 0 aromatic carbocycles. The molecule has 0 amide bonds. The Morgan fingerprint density at radius 2 is 0.676 bits per heavy atom. The van der Waals surface area contributed by atoms with Crippen LogP contribution in [0.25, 0.3) is 0 Å². The Hall–Kier alpha value is -1.03. The van der Waals surface area contributed by atoms with Gasteiger partial charge < -0.3 is 25.2 Å². The topological polar surface area (TPSA) is 155 Å². The maximum Gasteiger partial charge on any atom is 0.472 e. The van der Waals surface area contributed by atoms with Gasteiger partial charge in [-0.3, -0.25) is 18.6 Å². The van der Waals surface area contributed by atoms with E-state index in [9.17, 15) is 19.0 Å². The van der Waals surface area contributed by atoms with Gasteiger partial charge in [-0.15, -0.1) is 0 Å². The summed E-state index contributed by atoms with van der Waals surface area (Å²) in [6.45, 7) is 3.95. The van der Waals surface area contributed by atoms with E-state index in [-0.39, 0.29) is 13.0 Å². The standard InChI is InChI=1S/C57H114NO9P/c1-3-5-7-9-11-13-15-17-18-19-20-21-22-23-24-25-26-27-28-29-30-31-32-33-34-35-36-37-38-39-41-43-45-47-49-56(59)67-54(52-65-68(62,63)66-53-55(58)57(60)61)51-64-50-48-46-44-42-40-16-14-12-10-8-6-4-2/h54-55H,3-53,58H2,1-2H3,(H,60,61)(H,62,63)/t54-,55+/m1/s1. The first-order valence-corrected chi connectivity index (χ1v) is 31.1. The summed E-state index contributed by atoms with van der Waals surface area (Å²) in [5.41, 5.74) is 5.38. The monoisotopic (exact) mass is 988 g/mol. The van der Waals surface area contributed by atoms with Gasteiger partial charge in [0.2, 0.25) is 0 Å². The number of carboxylic acids is 1. The van der Waals surface area contributed by atoms with Crippen LogP contribution in [0.3, 0.4) is 0 Å². The molecular formula is C57H114NO9P. The Morgan fingerprint density at radius 3 is 0.971 bits per heavy atom. The molecular weight excluding hydrogens is 874 g/mol. The third kappa shape index (κ3) is 52.8. The molecule has 0 saturated carbocycles. The maximum absolute atomic E-state index is 12.7. The van der Waals surface area contributed by atoms with E-state index in [4.69, 9.17) is 29.4 Å². The smallest absolute Gasteiger partial charge is 0.472 e. The molecule has 0 radical (unpaired) electrons. The van der Waals surface area contributed by atoms with E-state index in [1.165, 1.54) is 257 Å². The SMILES string of the molecule is CCCCCCCCCCCCCCCCCCCCCCCCCCCCCCCCCCCCC(=O)O[C@H](COCCCCCCCCCCCCCC)COP(=O)(O)OC[C@H](N)C(=O)O. The van der Waals surface area contributed by atoms with Gasteiger partial charge in [-0.1, -0.05) is 296 Å². The van der Waals surface area contributed by atoms with E-state index in [1.807, 2.05) is 0 Å². The Morgan fingerprint density at radius 1 is 0.412 bits per heavy atom. The van der Waals surface area contributed by atoms with E-state index in [0.29, 0.717) is 6.61 Å². The molecule has 0 aliphatic carbocycles. The molecule has 0 aliphatic heterocycles. The third-order valence-electron chi connectivity index (χ3n) is 13.6. The summed E-state index contributed by atoms with van der Waals surface area (Å²) in [7, 11) is -4.61. The average Bonchev–Trinajstić information content (AvgIpc) is 3.32. The highest BCUT2D eigenvalue weighted by molar-refractivity contribution is 7.47. The molecule has 0 saturated heterocycles. The number of carboxylic acid groups (broad SMARTS) is 1. The van der Waals surface area contributed by atoms with Gasteiger partial charge in [0.15, 0.2) is 0 Å². The van der Waals surface area contributed by atoms with Crippen molar-refractivity contribution in [1.82, 2.24) is 0 Å². The van der Waals surface area contributed by atoms with Gasteiger partial charge in [0.05, 0.1) is 19.8 Å². The van der Waals surface area contributed by atoms with Crippen LogP contribution in [0.1, 0.15) is 316 Å². The Bertz CT molecular complexity index is 1100. The predicted molar refractivity (Wildman–Crippen MR) is 286 cm³/mol. The number of phosphoric acid groups is 1. The highest BCUT2D eigenvalue weighted by Gasteiger charge is 2.27. The summed E-state index contributed by atoms with van der Waals surface area (Å²) < 4.78 is 33.5. The molecule has 0 aromatic heterocycles. The first-order chi connectivity index (χ1) is 33.2. The van der Waals surface area contributed by atoms with Gasteiger partial charge in [0, 0.05) is 13.0 Å². The number of rotatable bonds is 58. The van der Waals surface area contributed by atoms with Gasteiger partial charge in [0.25, 0.3) is 0 Å². The second-order valence-corrected chi connectivity index (χ2v) is 22.0.